The lowest BCUT2D eigenvalue weighted by Crippen LogP contribution is -2.46. The number of sulfonamides is 1. The number of halogens is 1. The molecule has 1 fully saturated rings. The second kappa shape index (κ2) is 6.75. The molecular weight excluding hydrogens is 310 g/mol. The van der Waals surface area contributed by atoms with Gasteiger partial charge in [0.2, 0.25) is 10.0 Å². The molecule has 0 radical (unpaired) electrons. The van der Waals surface area contributed by atoms with Crippen molar-refractivity contribution < 1.29 is 8.42 Å². The molecule has 1 aliphatic heterocycles. The van der Waals surface area contributed by atoms with Gasteiger partial charge in [-0.1, -0.05) is 18.5 Å². The van der Waals surface area contributed by atoms with E-state index in [0.717, 1.165) is 25.9 Å². The van der Waals surface area contributed by atoms with Crippen LogP contribution in [0.3, 0.4) is 0 Å². The minimum Gasteiger partial charge on any atom is -0.317 e. The van der Waals surface area contributed by atoms with Gasteiger partial charge in [0.1, 0.15) is 4.90 Å². The van der Waals surface area contributed by atoms with Crippen molar-refractivity contribution in [2.75, 3.05) is 19.6 Å². The maximum atomic E-state index is 12.8. The van der Waals surface area contributed by atoms with Gasteiger partial charge in [0.05, 0.1) is 16.7 Å². The van der Waals surface area contributed by atoms with E-state index < -0.39 is 10.0 Å². The molecule has 1 aromatic rings. The first-order valence-electron chi connectivity index (χ1n) is 6.93. The SMILES string of the molecule is CCN(C1CCNCC1)S(=O)(=O)c1ccc(C#N)cc1Cl. The van der Waals surface area contributed by atoms with Gasteiger partial charge < -0.3 is 5.32 Å². The van der Waals surface area contributed by atoms with Gasteiger partial charge in [-0.2, -0.15) is 9.57 Å². The summed E-state index contributed by atoms with van der Waals surface area (Å²) in [5.74, 6) is 0. The van der Waals surface area contributed by atoms with Crippen molar-refractivity contribution in [2.24, 2.45) is 0 Å². The summed E-state index contributed by atoms with van der Waals surface area (Å²) in [7, 11) is -3.64. The van der Waals surface area contributed by atoms with Crippen LogP contribution in [0.5, 0.6) is 0 Å². The summed E-state index contributed by atoms with van der Waals surface area (Å²) in [4.78, 5) is 0.0727. The Morgan fingerprint density at radius 1 is 1.43 bits per heavy atom. The number of rotatable bonds is 4. The summed E-state index contributed by atoms with van der Waals surface area (Å²) in [5, 5.41) is 12.2. The average Bonchev–Trinajstić information content (AvgIpc) is 2.48. The molecule has 21 heavy (non-hydrogen) atoms. The van der Waals surface area contributed by atoms with Gasteiger partial charge in [0.25, 0.3) is 0 Å². The maximum Gasteiger partial charge on any atom is 0.244 e. The van der Waals surface area contributed by atoms with Crippen LogP contribution in [-0.2, 0) is 10.0 Å². The first-order chi connectivity index (χ1) is 10.0. The van der Waals surface area contributed by atoms with Crippen LogP contribution in [0.2, 0.25) is 5.02 Å². The Morgan fingerprint density at radius 3 is 2.62 bits per heavy atom. The summed E-state index contributed by atoms with van der Waals surface area (Å²) in [6.07, 6.45) is 1.59. The van der Waals surface area contributed by atoms with Gasteiger partial charge in [-0.3, -0.25) is 0 Å². The maximum absolute atomic E-state index is 12.8. The molecule has 0 aromatic heterocycles. The van der Waals surface area contributed by atoms with Crippen LogP contribution in [-0.4, -0.2) is 38.4 Å². The molecular formula is C14H18ClN3O2S. The van der Waals surface area contributed by atoms with Gasteiger partial charge in [-0.25, -0.2) is 8.42 Å². The van der Waals surface area contributed by atoms with Crippen molar-refractivity contribution in [3.63, 3.8) is 0 Å². The first-order valence-corrected chi connectivity index (χ1v) is 8.74. The summed E-state index contributed by atoms with van der Waals surface area (Å²) >= 11 is 6.06. The van der Waals surface area contributed by atoms with Gasteiger partial charge in [-0.15, -0.1) is 0 Å². The number of hydrogen-bond donors (Lipinski definition) is 1. The Morgan fingerprint density at radius 2 is 2.10 bits per heavy atom. The van der Waals surface area contributed by atoms with Crippen molar-refractivity contribution >= 4 is 21.6 Å². The smallest absolute Gasteiger partial charge is 0.244 e. The molecule has 1 aliphatic rings. The molecule has 114 valence electrons. The fourth-order valence-corrected chi connectivity index (χ4v) is 4.84. The van der Waals surface area contributed by atoms with E-state index in [1.165, 1.54) is 22.5 Å². The standard InChI is InChI=1S/C14H18ClN3O2S/c1-2-18(12-5-7-17-8-6-12)21(19,20)14-4-3-11(10-16)9-13(14)15/h3-4,9,12,17H,2,5-8H2,1H3. The molecule has 1 N–H and O–H groups in total. The van der Waals surface area contributed by atoms with Gasteiger partial charge in [0, 0.05) is 12.6 Å². The molecule has 2 rings (SSSR count). The van der Waals surface area contributed by atoms with Crippen LogP contribution in [0.15, 0.2) is 23.1 Å². The quantitative estimate of drug-likeness (QED) is 0.917. The topological polar surface area (TPSA) is 73.2 Å². The fourth-order valence-electron chi connectivity index (χ4n) is 2.62. The number of piperidine rings is 1. The molecule has 0 amide bonds. The lowest BCUT2D eigenvalue weighted by molar-refractivity contribution is 0.271. The third-order valence-electron chi connectivity index (χ3n) is 3.68. The monoisotopic (exact) mass is 327 g/mol. The highest BCUT2D eigenvalue weighted by Crippen LogP contribution is 2.28. The molecule has 0 atom stereocenters. The molecule has 1 aromatic carbocycles. The van der Waals surface area contributed by atoms with Crippen molar-refractivity contribution in [3.8, 4) is 6.07 Å². The van der Waals surface area contributed by atoms with E-state index in [1.54, 1.807) is 0 Å². The highest BCUT2D eigenvalue weighted by molar-refractivity contribution is 7.89. The third-order valence-corrected chi connectivity index (χ3v) is 6.19. The van der Waals surface area contributed by atoms with E-state index in [0.29, 0.717) is 12.1 Å². The van der Waals surface area contributed by atoms with Crippen LogP contribution < -0.4 is 5.32 Å². The van der Waals surface area contributed by atoms with Crippen molar-refractivity contribution in [1.29, 1.82) is 5.26 Å². The Labute approximate surface area is 130 Å². The number of benzene rings is 1. The molecule has 0 saturated carbocycles. The summed E-state index contributed by atoms with van der Waals surface area (Å²) < 4.78 is 27.2. The Bertz CT molecular complexity index is 649. The number of hydrogen-bond acceptors (Lipinski definition) is 4. The minimum absolute atomic E-state index is 0.00652. The van der Waals surface area contributed by atoms with E-state index in [4.69, 9.17) is 16.9 Å². The second-order valence-corrected chi connectivity index (χ2v) is 7.21. The highest BCUT2D eigenvalue weighted by Gasteiger charge is 2.32. The van der Waals surface area contributed by atoms with Crippen LogP contribution in [0.4, 0.5) is 0 Å². The Kier molecular flexibility index (Phi) is 5.22. The summed E-state index contributed by atoms with van der Waals surface area (Å²) in [6.45, 7) is 3.87. The zero-order chi connectivity index (χ0) is 15.5. The molecule has 0 spiro atoms. The van der Waals surface area contributed by atoms with Crippen molar-refractivity contribution in [2.45, 2.75) is 30.7 Å². The largest absolute Gasteiger partial charge is 0.317 e. The van der Waals surface area contributed by atoms with Gasteiger partial charge >= 0.3 is 0 Å². The molecule has 0 bridgehead atoms. The molecule has 0 unspecified atom stereocenters. The Balaban J connectivity index is 2.37. The molecule has 5 nitrogen and oxygen atoms in total. The normalized spacial score (nSPS) is 16.9. The third kappa shape index (κ3) is 3.38. The average molecular weight is 328 g/mol. The predicted octanol–water partition coefficient (Wildman–Crippen LogP) is 1.97. The van der Waals surface area contributed by atoms with Crippen molar-refractivity contribution in [3.05, 3.63) is 28.8 Å². The van der Waals surface area contributed by atoms with E-state index in [1.807, 2.05) is 13.0 Å². The van der Waals surface area contributed by atoms with E-state index >= 15 is 0 Å². The first kappa shape index (κ1) is 16.2. The van der Waals surface area contributed by atoms with Gasteiger partial charge in [-0.05, 0) is 44.1 Å². The lowest BCUT2D eigenvalue weighted by atomic mass is 10.1. The molecule has 0 aliphatic carbocycles. The van der Waals surface area contributed by atoms with Crippen LogP contribution >= 0.6 is 11.6 Å². The molecule has 7 heteroatoms. The van der Waals surface area contributed by atoms with Crippen molar-refractivity contribution in [1.82, 2.24) is 9.62 Å². The fraction of sp³-hybridized carbons (Fsp3) is 0.500. The van der Waals surface area contributed by atoms with E-state index in [-0.39, 0.29) is 16.0 Å². The van der Waals surface area contributed by atoms with Crippen LogP contribution in [0, 0.1) is 11.3 Å². The number of nitrogens with one attached hydrogen (secondary N) is 1. The van der Waals surface area contributed by atoms with Crippen LogP contribution in [0.25, 0.3) is 0 Å². The Hall–Kier alpha value is -1.13. The summed E-state index contributed by atoms with van der Waals surface area (Å²) in [6, 6.07) is 6.24. The summed E-state index contributed by atoms with van der Waals surface area (Å²) in [5.41, 5.74) is 0.351. The molecule has 1 saturated heterocycles. The zero-order valence-electron chi connectivity index (χ0n) is 11.8. The predicted molar refractivity (Wildman–Crippen MR) is 81.6 cm³/mol. The number of nitriles is 1. The zero-order valence-corrected chi connectivity index (χ0v) is 13.4. The van der Waals surface area contributed by atoms with E-state index in [2.05, 4.69) is 5.32 Å². The second-order valence-electron chi connectivity index (χ2n) is 4.95. The lowest BCUT2D eigenvalue weighted by Gasteiger charge is -2.33. The highest BCUT2D eigenvalue weighted by atomic mass is 35.5. The minimum atomic E-state index is -3.64. The molecule has 1 heterocycles. The number of nitrogens with zero attached hydrogens (tertiary/aromatic N) is 2. The van der Waals surface area contributed by atoms with E-state index in [9.17, 15) is 8.42 Å². The van der Waals surface area contributed by atoms with Gasteiger partial charge in [0.15, 0.2) is 0 Å². The van der Waals surface area contributed by atoms with Crippen LogP contribution in [0.1, 0.15) is 25.3 Å².